The van der Waals surface area contributed by atoms with E-state index in [1.807, 2.05) is 43.9 Å². The third-order valence-electron chi connectivity index (χ3n) is 6.13. The van der Waals surface area contributed by atoms with Crippen molar-refractivity contribution >= 4 is 17.5 Å². The Kier molecular flexibility index (Phi) is 7.97. The predicted molar refractivity (Wildman–Crippen MR) is 130 cm³/mol. The number of likely N-dealkylation sites (N-methyl/N-ethyl adjacent to an activating group) is 1. The molecule has 2 aromatic carbocycles. The van der Waals surface area contributed by atoms with Gasteiger partial charge in [-0.05, 0) is 70.0 Å². The number of carbonyl (C=O) groups excluding carboxylic acids is 2. The third-order valence-corrected chi connectivity index (χ3v) is 6.13. The first-order valence-electron chi connectivity index (χ1n) is 11.3. The predicted octanol–water partition coefficient (Wildman–Crippen LogP) is 3.86. The van der Waals surface area contributed by atoms with E-state index in [1.165, 1.54) is 5.56 Å². The van der Waals surface area contributed by atoms with Gasteiger partial charge in [-0.2, -0.15) is 0 Å². The highest BCUT2D eigenvalue weighted by atomic mass is 16.5. The number of hydrogen-bond donors (Lipinski definition) is 1. The molecule has 0 saturated carbocycles. The van der Waals surface area contributed by atoms with E-state index in [9.17, 15) is 9.59 Å². The van der Waals surface area contributed by atoms with Crippen molar-refractivity contribution in [1.82, 2.24) is 9.80 Å². The fraction of sp³-hybridized carbons (Fsp3) is 0.462. The van der Waals surface area contributed by atoms with E-state index in [0.717, 1.165) is 46.7 Å². The highest BCUT2D eigenvalue weighted by Gasteiger charge is 2.32. The molecule has 1 unspecified atom stereocenters. The van der Waals surface area contributed by atoms with Crippen molar-refractivity contribution in [2.24, 2.45) is 0 Å². The van der Waals surface area contributed by atoms with Gasteiger partial charge < -0.3 is 19.7 Å². The Bertz CT molecular complexity index is 998. The Balaban J connectivity index is 1.64. The van der Waals surface area contributed by atoms with Crippen LogP contribution in [0.5, 0.6) is 11.5 Å². The minimum absolute atomic E-state index is 0.000343. The van der Waals surface area contributed by atoms with Gasteiger partial charge in [-0.1, -0.05) is 17.7 Å². The summed E-state index contributed by atoms with van der Waals surface area (Å²) in [6.07, 6.45) is 1.79. The van der Waals surface area contributed by atoms with Crippen LogP contribution in [0.4, 0.5) is 5.69 Å². The van der Waals surface area contributed by atoms with Crippen LogP contribution in [0, 0.1) is 20.8 Å². The smallest absolute Gasteiger partial charge is 0.238 e. The summed E-state index contributed by atoms with van der Waals surface area (Å²) >= 11 is 0. The Hall–Kier alpha value is -3.06. The van der Waals surface area contributed by atoms with Gasteiger partial charge in [0, 0.05) is 17.8 Å². The van der Waals surface area contributed by atoms with Crippen molar-refractivity contribution in [3.63, 3.8) is 0 Å². The average Bonchev–Trinajstić information content (AvgIpc) is 3.25. The SMILES string of the molecule is COc1ccc(OC)c(C2CCCN2C(=O)CN(C)CC(=O)Nc2c(C)cc(C)cc2C)c1. The van der Waals surface area contributed by atoms with Crippen LogP contribution in [-0.2, 0) is 9.59 Å². The highest BCUT2D eigenvalue weighted by molar-refractivity contribution is 5.94. The van der Waals surface area contributed by atoms with Gasteiger partial charge in [-0.3, -0.25) is 14.5 Å². The molecule has 178 valence electrons. The van der Waals surface area contributed by atoms with Crippen molar-refractivity contribution < 1.29 is 19.1 Å². The molecule has 0 bridgehead atoms. The van der Waals surface area contributed by atoms with E-state index in [0.29, 0.717) is 6.54 Å². The van der Waals surface area contributed by atoms with Crippen molar-refractivity contribution in [2.45, 2.75) is 39.7 Å². The normalized spacial score (nSPS) is 15.6. The second kappa shape index (κ2) is 10.7. The molecule has 2 aromatic rings. The second-order valence-electron chi connectivity index (χ2n) is 8.85. The maximum Gasteiger partial charge on any atom is 0.238 e. The van der Waals surface area contributed by atoms with Crippen molar-refractivity contribution in [3.05, 3.63) is 52.6 Å². The molecular formula is C26H35N3O4. The van der Waals surface area contributed by atoms with Gasteiger partial charge in [0.1, 0.15) is 11.5 Å². The quantitative estimate of drug-likeness (QED) is 0.657. The zero-order chi connectivity index (χ0) is 24.1. The van der Waals surface area contributed by atoms with Gasteiger partial charge in [0.25, 0.3) is 0 Å². The van der Waals surface area contributed by atoms with Crippen LogP contribution in [0.2, 0.25) is 0 Å². The van der Waals surface area contributed by atoms with E-state index in [4.69, 9.17) is 9.47 Å². The maximum atomic E-state index is 13.2. The number of anilines is 1. The number of nitrogens with zero attached hydrogens (tertiary/aromatic N) is 2. The number of hydrogen-bond acceptors (Lipinski definition) is 5. The molecule has 1 N–H and O–H groups in total. The lowest BCUT2D eigenvalue weighted by Gasteiger charge is -2.28. The van der Waals surface area contributed by atoms with E-state index in [2.05, 4.69) is 17.4 Å². The second-order valence-corrected chi connectivity index (χ2v) is 8.85. The summed E-state index contributed by atoms with van der Waals surface area (Å²) in [5, 5.41) is 3.01. The number of nitrogens with one attached hydrogen (secondary N) is 1. The van der Waals surface area contributed by atoms with Crippen LogP contribution in [0.3, 0.4) is 0 Å². The summed E-state index contributed by atoms with van der Waals surface area (Å²) in [5.41, 5.74) is 5.03. The first-order chi connectivity index (χ1) is 15.7. The number of rotatable bonds is 8. The Morgan fingerprint density at radius 1 is 1.06 bits per heavy atom. The number of amides is 2. The maximum absolute atomic E-state index is 13.2. The Labute approximate surface area is 196 Å². The van der Waals surface area contributed by atoms with Crippen LogP contribution in [0.15, 0.2) is 30.3 Å². The molecule has 7 nitrogen and oxygen atoms in total. The number of carbonyl (C=O) groups is 2. The van der Waals surface area contributed by atoms with Crippen LogP contribution in [0.1, 0.15) is 41.1 Å². The highest BCUT2D eigenvalue weighted by Crippen LogP contribution is 2.39. The van der Waals surface area contributed by atoms with Crippen LogP contribution in [-0.4, -0.2) is 62.5 Å². The average molecular weight is 454 g/mol. The molecule has 1 aliphatic heterocycles. The fourth-order valence-electron chi connectivity index (χ4n) is 4.67. The van der Waals surface area contributed by atoms with Crippen molar-refractivity contribution in [3.8, 4) is 11.5 Å². The van der Waals surface area contributed by atoms with Crippen LogP contribution >= 0.6 is 0 Å². The van der Waals surface area contributed by atoms with Crippen LogP contribution in [0.25, 0.3) is 0 Å². The zero-order valence-corrected chi connectivity index (χ0v) is 20.5. The molecule has 1 fully saturated rings. The standard InChI is InChI=1S/C26H35N3O4/c1-17-12-18(2)26(19(3)13-17)27-24(30)15-28(4)16-25(31)29-11-7-8-22(29)21-14-20(32-5)9-10-23(21)33-6/h9-10,12-14,22H,7-8,11,15-16H2,1-6H3,(H,27,30). The number of aryl methyl sites for hydroxylation is 3. The summed E-state index contributed by atoms with van der Waals surface area (Å²) in [5.74, 6) is 1.35. The van der Waals surface area contributed by atoms with Gasteiger partial charge in [-0.25, -0.2) is 0 Å². The number of likely N-dealkylation sites (tertiary alicyclic amines) is 1. The Morgan fingerprint density at radius 2 is 1.76 bits per heavy atom. The van der Waals surface area contributed by atoms with E-state index < -0.39 is 0 Å². The largest absolute Gasteiger partial charge is 0.497 e. The lowest BCUT2D eigenvalue weighted by atomic mass is 10.0. The summed E-state index contributed by atoms with van der Waals surface area (Å²) in [6.45, 7) is 7.01. The lowest BCUT2D eigenvalue weighted by molar-refractivity contribution is -0.133. The van der Waals surface area contributed by atoms with Gasteiger partial charge in [0.2, 0.25) is 11.8 Å². The molecule has 3 rings (SSSR count). The molecule has 1 saturated heterocycles. The number of methoxy groups -OCH3 is 2. The Morgan fingerprint density at radius 3 is 2.39 bits per heavy atom. The minimum Gasteiger partial charge on any atom is -0.497 e. The van der Waals surface area contributed by atoms with Crippen molar-refractivity contribution in [2.75, 3.05) is 46.2 Å². The molecule has 0 aliphatic carbocycles. The number of benzene rings is 2. The molecule has 1 aliphatic rings. The molecule has 33 heavy (non-hydrogen) atoms. The van der Waals surface area contributed by atoms with Gasteiger partial charge in [-0.15, -0.1) is 0 Å². The molecule has 0 aromatic heterocycles. The summed E-state index contributed by atoms with van der Waals surface area (Å²) < 4.78 is 10.9. The molecule has 7 heteroatoms. The molecule has 0 spiro atoms. The topological polar surface area (TPSA) is 71.1 Å². The van der Waals surface area contributed by atoms with Gasteiger partial charge in [0.15, 0.2) is 0 Å². The summed E-state index contributed by atoms with van der Waals surface area (Å²) in [4.78, 5) is 29.5. The van der Waals surface area contributed by atoms with Gasteiger partial charge >= 0.3 is 0 Å². The molecule has 1 heterocycles. The monoisotopic (exact) mass is 453 g/mol. The first kappa shape index (κ1) is 24.6. The molecule has 2 amide bonds. The minimum atomic E-state index is -0.132. The van der Waals surface area contributed by atoms with Gasteiger partial charge in [0.05, 0.1) is 33.4 Å². The molecular weight excluding hydrogens is 418 g/mol. The molecule has 1 atom stereocenters. The first-order valence-corrected chi connectivity index (χ1v) is 11.3. The summed E-state index contributed by atoms with van der Waals surface area (Å²) in [7, 11) is 5.06. The van der Waals surface area contributed by atoms with Crippen molar-refractivity contribution in [1.29, 1.82) is 0 Å². The number of ether oxygens (including phenoxy) is 2. The van der Waals surface area contributed by atoms with E-state index in [1.54, 1.807) is 26.2 Å². The fourth-order valence-corrected chi connectivity index (χ4v) is 4.67. The molecule has 0 radical (unpaired) electrons. The zero-order valence-electron chi connectivity index (χ0n) is 20.5. The van der Waals surface area contributed by atoms with E-state index in [-0.39, 0.29) is 30.9 Å². The third kappa shape index (κ3) is 5.85. The van der Waals surface area contributed by atoms with E-state index >= 15 is 0 Å². The van der Waals surface area contributed by atoms with Crippen LogP contribution < -0.4 is 14.8 Å². The summed E-state index contributed by atoms with van der Waals surface area (Å²) in [6, 6.07) is 9.71. The lowest BCUT2D eigenvalue weighted by Crippen LogP contribution is -2.41.